The Balaban J connectivity index is 1.82. The molecule has 1 aliphatic carbocycles. The lowest BCUT2D eigenvalue weighted by Gasteiger charge is -2.48. The fraction of sp³-hybridized carbons (Fsp3) is 0.385. The predicted molar refractivity (Wildman–Crippen MR) is 122 cm³/mol. The fourth-order valence-electron chi connectivity index (χ4n) is 5.72. The monoisotopic (exact) mass is 466 g/mol. The number of azo groups is 1. The first-order valence-electron chi connectivity index (χ1n) is 11.3. The molecule has 1 N–H and O–H groups in total. The third-order valence-corrected chi connectivity index (χ3v) is 7.04. The molecule has 176 valence electrons. The Hall–Kier alpha value is -3.29. The van der Waals surface area contributed by atoms with E-state index < -0.39 is 23.5 Å². The average molecular weight is 467 g/mol. The van der Waals surface area contributed by atoms with E-state index in [1.54, 1.807) is 12.4 Å². The van der Waals surface area contributed by atoms with Gasteiger partial charge in [0.15, 0.2) is 17.6 Å². The van der Waals surface area contributed by atoms with Crippen molar-refractivity contribution in [3.8, 4) is 11.1 Å². The third-order valence-electron chi connectivity index (χ3n) is 7.04. The minimum absolute atomic E-state index is 0.0150. The number of pyridine rings is 1. The summed E-state index contributed by atoms with van der Waals surface area (Å²) in [5.41, 5.74) is 0.891. The van der Waals surface area contributed by atoms with Crippen molar-refractivity contribution in [2.75, 3.05) is 0 Å². The number of nitrogens with one attached hydrogen (secondary N) is 1. The first kappa shape index (κ1) is 22.5. The Morgan fingerprint density at radius 3 is 2.50 bits per heavy atom. The molecule has 0 saturated carbocycles. The molecule has 0 spiro atoms. The molecule has 2 aliphatic heterocycles. The van der Waals surface area contributed by atoms with E-state index in [1.807, 2.05) is 57.2 Å². The van der Waals surface area contributed by atoms with Gasteiger partial charge in [0.25, 0.3) is 0 Å². The number of hydrogen-bond acceptors (Lipinski definition) is 5. The van der Waals surface area contributed by atoms with Gasteiger partial charge < -0.3 is 5.32 Å². The number of alkyl halides is 3. The summed E-state index contributed by atoms with van der Waals surface area (Å²) in [7, 11) is 0. The lowest BCUT2D eigenvalue weighted by atomic mass is 9.58. The van der Waals surface area contributed by atoms with Crippen LogP contribution < -0.4 is 5.32 Å². The largest absolute Gasteiger partial charge is 0.435 e. The van der Waals surface area contributed by atoms with Crippen molar-refractivity contribution in [3.63, 3.8) is 0 Å². The molecule has 0 fully saturated rings. The molecule has 34 heavy (non-hydrogen) atoms. The number of ketones is 1. The van der Waals surface area contributed by atoms with Gasteiger partial charge in [0.05, 0.1) is 5.41 Å². The summed E-state index contributed by atoms with van der Waals surface area (Å²) >= 11 is 0. The van der Waals surface area contributed by atoms with E-state index in [0.29, 0.717) is 23.3 Å². The Kier molecular flexibility index (Phi) is 5.04. The number of Topliss-reactive ketones (excluding diaryl/α,β-unsaturated/α-hetero) is 1. The number of rotatable bonds is 3. The number of aromatic nitrogens is 1. The molecule has 0 radical (unpaired) electrons. The predicted octanol–water partition coefficient (Wildman–Crippen LogP) is 6.25. The molecule has 0 amide bonds. The maximum absolute atomic E-state index is 14.2. The maximum atomic E-state index is 14.2. The van der Waals surface area contributed by atoms with Crippen molar-refractivity contribution in [1.29, 1.82) is 0 Å². The van der Waals surface area contributed by atoms with Gasteiger partial charge in [-0.25, -0.2) is 0 Å². The summed E-state index contributed by atoms with van der Waals surface area (Å²) in [4.78, 5) is 17.7. The summed E-state index contributed by atoms with van der Waals surface area (Å²) in [6, 6.07) is 11.1. The van der Waals surface area contributed by atoms with Crippen LogP contribution in [0.3, 0.4) is 0 Å². The molecule has 5 rings (SSSR count). The van der Waals surface area contributed by atoms with E-state index in [1.165, 1.54) is 0 Å². The van der Waals surface area contributed by atoms with E-state index in [0.717, 1.165) is 11.1 Å². The molecular weight excluding hydrogens is 441 g/mol. The average Bonchev–Trinajstić information content (AvgIpc) is 3.22. The number of halogens is 3. The quantitative estimate of drug-likeness (QED) is 0.581. The van der Waals surface area contributed by atoms with Gasteiger partial charge >= 0.3 is 6.18 Å². The number of benzene rings is 1. The minimum Gasteiger partial charge on any atom is -0.362 e. The van der Waals surface area contributed by atoms with Gasteiger partial charge in [-0.2, -0.15) is 18.3 Å². The van der Waals surface area contributed by atoms with E-state index in [-0.39, 0.29) is 29.6 Å². The van der Waals surface area contributed by atoms with Crippen molar-refractivity contribution in [3.05, 3.63) is 76.9 Å². The number of allylic oxidation sites excluding steroid dienone is 3. The summed E-state index contributed by atoms with van der Waals surface area (Å²) < 4.78 is 42.5. The van der Waals surface area contributed by atoms with Crippen LogP contribution in [-0.4, -0.2) is 23.1 Å². The van der Waals surface area contributed by atoms with Crippen LogP contribution in [0.15, 0.2) is 81.6 Å². The molecule has 3 aliphatic rings. The molecule has 1 aromatic carbocycles. The molecule has 2 aromatic rings. The molecule has 1 unspecified atom stereocenters. The molecule has 0 bridgehead atoms. The number of carbonyl (C=O) groups is 1. The van der Waals surface area contributed by atoms with Crippen LogP contribution >= 0.6 is 0 Å². The van der Waals surface area contributed by atoms with Crippen LogP contribution in [-0.2, 0) is 10.2 Å². The van der Waals surface area contributed by atoms with Gasteiger partial charge in [0.1, 0.15) is 0 Å². The Morgan fingerprint density at radius 1 is 1.09 bits per heavy atom. The van der Waals surface area contributed by atoms with Crippen LogP contribution in [0.25, 0.3) is 11.1 Å². The zero-order valence-corrected chi connectivity index (χ0v) is 19.2. The zero-order chi connectivity index (χ0) is 24.3. The Labute approximate surface area is 195 Å². The number of hydrogen-bond donors (Lipinski definition) is 1. The maximum Gasteiger partial charge on any atom is 0.435 e. The van der Waals surface area contributed by atoms with E-state index in [9.17, 15) is 18.0 Å². The second kappa shape index (κ2) is 7.61. The lowest BCUT2D eigenvalue weighted by Crippen LogP contribution is -2.52. The second-order valence-electron chi connectivity index (χ2n) is 9.89. The van der Waals surface area contributed by atoms with Crippen LogP contribution in [0.2, 0.25) is 0 Å². The minimum atomic E-state index is -4.69. The van der Waals surface area contributed by atoms with Crippen molar-refractivity contribution in [2.24, 2.45) is 15.6 Å². The summed E-state index contributed by atoms with van der Waals surface area (Å²) in [6.07, 6.45) is -1.20. The molecule has 1 aromatic heterocycles. The SMILES string of the molecule is CC[C@]1(c2cccc(-c3ccncc3)c2)C2=C(CC(C)(C)CC2=O)NC2N=NC(C(F)(F)F)=C21. The molecule has 2 atom stereocenters. The topological polar surface area (TPSA) is 66.7 Å². The van der Waals surface area contributed by atoms with E-state index in [2.05, 4.69) is 20.5 Å². The highest BCUT2D eigenvalue weighted by atomic mass is 19.4. The third kappa shape index (κ3) is 3.38. The normalized spacial score (nSPS) is 25.8. The standard InChI is InChI=1S/C26H25F3N4O/c1-4-25(17-7-5-6-16(12-17)15-8-10-30-11-9-15)20-18(13-24(2,3)14-19(20)34)31-23-21(25)22(32-33-23)26(27,28)29/h5-12,23,31H,4,13-14H2,1-3H3/t23?,25-/m0/s1. The summed E-state index contributed by atoms with van der Waals surface area (Å²) in [6.45, 7) is 5.83. The molecule has 5 nitrogen and oxygen atoms in total. The Morgan fingerprint density at radius 2 is 1.82 bits per heavy atom. The highest BCUT2D eigenvalue weighted by Crippen LogP contribution is 2.56. The smallest absolute Gasteiger partial charge is 0.362 e. The molecular formula is C26H25F3N4O. The van der Waals surface area contributed by atoms with Crippen LogP contribution in [0.4, 0.5) is 13.2 Å². The fourth-order valence-corrected chi connectivity index (χ4v) is 5.72. The summed E-state index contributed by atoms with van der Waals surface area (Å²) in [5.74, 6) is -0.130. The first-order chi connectivity index (χ1) is 16.1. The van der Waals surface area contributed by atoms with Crippen LogP contribution in [0.1, 0.15) is 45.6 Å². The molecule has 8 heteroatoms. The van der Waals surface area contributed by atoms with E-state index >= 15 is 0 Å². The number of fused-ring (bicyclic) bond motifs is 1. The zero-order valence-electron chi connectivity index (χ0n) is 19.2. The van der Waals surface area contributed by atoms with E-state index in [4.69, 9.17) is 0 Å². The lowest BCUT2D eigenvalue weighted by molar-refractivity contribution is -0.119. The highest BCUT2D eigenvalue weighted by Gasteiger charge is 2.57. The first-order valence-corrected chi connectivity index (χ1v) is 11.3. The van der Waals surface area contributed by atoms with Crippen molar-refractivity contribution in [2.45, 2.75) is 57.8 Å². The molecule has 3 heterocycles. The van der Waals surface area contributed by atoms with Crippen molar-refractivity contribution in [1.82, 2.24) is 10.3 Å². The molecule has 0 saturated heterocycles. The van der Waals surface area contributed by atoms with Crippen molar-refractivity contribution < 1.29 is 18.0 Å². The summed E-state index contributed by atoms with van der Waals surface area (Å²) in [5, 5.41) is 10.7. The van der Waals surface area contributed by atoms with Gasteiger partial charge in [0, 0.05) is 35.7 Å². The number of carbonyl (C=O) groups excluding carboxylic acids is 1. The second-order valence-corrected chi connectivity index (χ2v) is 9.89. The number of nitrogens with zero attached hydrogens (tertiary/aromatic N) is 3. The van der Waals surface area contributed by atoms with Crippen LogP contribution in [0.5, 0.6) is 0 Å². The van der Waals surface area contributed by atoms with Crippen molar-refractivity contribution >= 4 is 5.78 Å². The van der Waals surface area contributed by atoms with Gasteiger partial charge in [-0.15, -0.1) is 5.11 Å². The van der Waals surface area contributed by atoms with Gasteiger partial charge in [-0.1, -0.05) is 39.0 Å². The Bertz CT molecular complexity index is 1260. The van der Waals surface area contributed by atoms with Gasteiger partial charge in [0.2, 0.25) is 0 Å². The van der Waals surface area contributed by atoms with Gasteiger partial charge in [-0.3, -0.25) is 9.78 Å². The van der Waals surface area contributed by atoms with Crippen LogP contribution in [0, 0.1) is 5.41 Å². The van der Waals surface area contributed by atoms with Gasteiger partial charge in [-0.05, 0) is 53.1 Å². The highest BCUT2D eigenvalue weighted by molar-refractivity contribution is 6.01.